The normalized spacial score (nSPS) is 12.2. The van der Waals surface area contributed by atoms with Crippen LogP contribution in [0.2, 0.25) is 0 Å². The number of carbonyl (C=O) groups excluding carboxylic acids is 1. The number of hydrogen-bond donors (Lipinski definition) is 2. The number of hydrogen-bond acceptors (Lipinski definition) is 3. The van der Waals surface area contributed by atoms with Crippen LogP contribution in [0.3, 0.4) is 0 Å². The first-order valence-corrected chi connectivity index (χ1v) is 4.99. The molecule has 0 radical (unpaired) electrons. The Kier molecular flexibility index (Phi) is 3.95. The van der Waals surface area contributed by atoms with Crippen molar-refractivity contribution in [3.8, 4) is 0 Å². The van der Waals surface area contributed by atoms with Gasteiger partial charge in [0.1, 0.15) is 0 Å². The summed E-state index contributed by atoms with van der Waals surface area (Å²) in [7, 11) is 0. The van der Waals surface area contributed by atoms with E-state index < -0.39 is 0 Å². The van der Waals surface area contributed by atoms with E-state index in [4.69, 9.17) is 0 Å². The molecule has 0 aromatic carbocycles. The molecule has 3 nitrogen and oxygen atoms in total. The van der Waals surface area contributed by atoms with Gasteiger partial charge in [0, 0.05) is 6.20 Å². The zero-order valence-corrected chi connectivity index (χ0v) is 9.21. The highest BCUT2D eigenvalue weighted by Crippen LogP contribution is 2.02. The first-order valence-electron chi connectivity index (χ1n) is 4.47. The molecule has 0 aliphatic heterocycles. The molecule has 0 bridgehead atoms. The predicted molar refractivity (Wildman–Crippen MR) is 59.3 cm³/mol. The fourth-order valence-electron chi connectivity index (χ4n) is 1.02. The van der Waals surface area contributed by atoms with Crippen LogP contribution in [0.4, 0.5) is 0 Å². The van der Waals surface area contributed by atoms with Crippen LogP contribution in [0, 0.1) is 6.92 Å². The Hall–Kier alpha value is -1.03. The molecule has 0 fully saturated rings. The lowest BCUT2D eigenvalue weighted by Crippen LogP contribution is -2.29. The molecule has 1 heterocycles. The van der Waals surface area contributed by atoms with Gasteiger partial charge < -0.3 is 5.32 Å². The Bertz CT molecular complexity index is 326. The fourth-order valence-corrected chi connectivity index (χ4v) is 1.11. The lowest BCUT2D eigenvalue weighted by Gasteiger charge is -2.08. The SMILES string of the molecule is Cc1cccnc1CNC(=O)C(C)S. The standard InChI is InChI=1S/C10H14N2OS/c1-7-4-3-5-11-9(7)6-12-10(13)8(2)14/h3-5,8,14H,6H2,1-2H3,(H,12,13). The average Bonchev–Trinajstić information content (AvgIpc) is 2.16. The van der Waals surface area contributed by atoms with Crippen LogP contribution in [0.15, 0.2) is 18.3 Å². The van der Waals surface area contributed by atoms with Gasteiger partial charge in [-0.25, -0.2) is 0 Å². The molecular weight excluding hydrogens is 196 g/mol. The van der Waals surface area contributed by atoms with Crippen molar-refractivity contribution in [3.05, 3.63) is 29.6 Å². The van der Waals surface area contributed by atoms with Gasteiger partial charge in [-0.2, -0.15) is 12.6 Å². The maximum absolute atomic E-state index is 11.2. The Morgan fingerprint density at radius 2 is 2.43 bits per heavy atom. The molecule has 1 N–H and O–H groups in total. The number of nitrogens with zero attached hydrogens (tertiary/aromatic N) is 1. The molecule has 4 heteroatoms. The molecule has 1 aromatic rings. The van der Waals surface area contributed by atoms with Crippen LogP contribution in [-0.4, -0.2) is 16.1 Å². The van der Waals surface area contributed by atoms with Crippen molar-refractivity contribution in [2.75, 3.05) is 0 Å². The Morgan fingerprint density at radius 3 is 3.00 bits per heavy atom. The summed E-state index contributed by atoms with van der Waals surface area (Å²) in [6, 6.07) is 3.85. The molecular formula is C10H14N2OS. The number of thiol groups is 1. The third-order valence-electron chi connectivity index (χ3n) is 1.93. The van der Waals surface area contributed by atoms with Gasteiger partial charge in [0.05, 0.1) is 17.5 Å². The highest BCUT2D eigenvalue weighted by Gasteiger charge is 2.07. The first-order chi connectivity index (χ1) is 6.61. The number of carbonyl (C=O) groups is 1. The summed E-state index contributed by atoms with van der Waals surface area (Å²) in [6.45, 7) is 4.18. The Morgan fingerprint density at radius 1 is 1.71 bits per heavy atom. The minimum Gasteiger partial charge on any atom is -0.349 e. The van der Waals surface area contributed by atoms with Crippen LogP contribution in [0.5, 0.6) is 0 Å². The van der Waals surface area contributed by atoms with Crippen LogP contribution in [0.25, 0.3) is 0 Å². The summed E-state index contributed by atoms with van der Waals surface area (Å²) >= 11 is 4.03. The van der Waals surface area contributed by atoms with E-state index in [2.05, 4.69) is 22.9 Å². The van der Waals surface area contributed by atoms with Crippen molar-refractivity contribution in [1.29, 1.82) is 0 Å². The molecule has 76 valence electrons. The van der Waals surface area contributed by atoms with E-state index in [9.17, 15) is 4.79 Å². The molecule has 1 amide bonds. The average molecular weight is 210 g/mol. The second kappa shape index (κ2) is 5.00. The summed E-state index contributed by atoms with van der Waals surface area (Å²) in [5.41, 5.74) is 1.98. The zero-order valence-electron chi connectivity index (χ0n) is 8.32. The van der Waals surface area contributed by atoms with Crippen molar-refractivity contribution in [2.45, 2.75) is 25.6 Å². The maximum atomic E-state index is 11.2. The van der Waals surface area contributed by atoms with Crippen molar-refractivity contribution in [3.63, 3.8) is 0 Å². The van der Waals surface area contributed by atoms with E-state index in [0.717, 1.165) is 11.3 Å². The first kappa shape index (κ1) is 11.0. The van der Waals surface area contributed by atoms with Gasteiger partial charge in [-0.15, -0.1) is 0 Å². The molecule has 0 aliphatic rings. The number of nitrogens with one attached hydrogen (secondary N) is 1. The van der Waals surface area contributed by atoms with E-state index in [-0.39, 0.29) is 11.2 Å². The van der Waals surface area contributed by atoms with Gasteiger partial charge in [-0.3, -0.25) is 9.78 Å². The molecule has 1 aromatic heterocycles. The van der Waals surface area contributed by atoms with Crippen molar-refractivity contribution < 1.29 is 4.79 Å². The number of amides is 1. The number of rotatable bonds is 3. The van der Waals surface area contributed by atoms with E-state index in [1.54, 1.807) is 13.1 Å². The lowest BCUT2D eigenvalue weighted by molar-refractivity contribution is -0.120. The topological polar surface area (TPSA) is 42.0 Å². The minimum absolute atomic E-state index is 0.0709. The monoisotopic (exact) mass is 210 g/mol. The summed E-state index contributed by atoms with van der Waals surface area (Å²) in [5.74, 6) is -0.0709. The molecule has 0 spiro atoms. The smallest absolute Gasteiger partial charge is 0.232 e. The van der Waals surface area contributed by atoms with Crippen LogP contribution in [-0.2, 0) is 11.3 Å². The third kappa shape index (κ3) is 3.03. The highest BCUT2D eigenvalue weighted by molar-refractivity contribution is 7.81. The van der Waals surface area contributed by atoms with Crippen molar-refractivity contribution >= 4 is 18.5 Å². The molecule has 1 atom stereocenters. The summed E-state index contributed by atoms with van der Waals surface area (Å²) in [5, 5.41) is 2.48. The molecule has 0 saturated heterocycles. The zero-order chi connectivity index (χ0) is 10.6. The van der Waals surface area contributed by atoms with Crippen molar-refractivity contribution in [1.82, 2.24) is 10.3 Å². The third-order valence-corrected chi connectivity index (χ3v) is 2.16. The molecule has 1 unspecified atom stereocenters. The summed E-state index contributed by atoms with van der Waals surface area (Å²) in [4.78, 5) is 15.4. The van der Waals surface area contributed by atoms with E-state index in [0.29, 0.717) is 6.54 Å². The lowest BCUT2D eigenvalue weighted by atomic mass is 10.2. The highest BCUT2D eigenvalue weighted by atomic mass is 32.1. The van der Waals surface area contributed by atoms with Gasteiger partial charge in [-0.1, -0.05) is 6.07 Å². The molecule has 0 saturated carbocycles. The number of aryl methyl sites for hydroxylation is 1. The van der Waals surface area contributed by atoms with E-state index in [1.807, 2.05) is 19.1 Å². The summed E-state index contributed by atoms with van der Waals surface area (Å²) < 4.78 is 0. The van der Waals surface area contributed by atoms with Gasteiger partial charge in [0.25, 0.3) is 0 Å². The maximum Gasteiger partial charge on any atom is 0.232 e. The number of pyridine rings is 1. The molecule has 1 rings (SSSR count). The predicted octanol–water partition coefficient (Wildman–Crippen LogP) is 1.32. The molecule has 0 aliphatic carbocycles. The van der Waals surface area contributed by atoms with E-state index >= 15 is 0 Å². The second-order valence-electron chi connectivity index (χ2n) is 3.16. The minimum atomic E-state index is -0.279. The summed E-state index contributed by atoms with van der Waals surface area (Å²) in [6.07, 6.45) is 1.72. The quantitative estimate of drug-likeness (QED) is 0.739. The fraction of sp³-hybridized carbons (Fsp3) is 0.400. The van der Waals surface area contributed by atoms with Crippen LogP contribution in [0.1, 0.15) is 18.2 Å². The second-order valence-corrected chi connectivity index (χ2v) is 3.94. The van der Waals surface area contributed by atoms with Gasteiger partial charge in [0.15, 0.2) is 0 Å². The van der Waals surface area contributed by atoms with Crippen LogP contribution < -0.4 is 5.32 Å². The van der Waals surface area contributed by atoms with Crippen molar-refractivity contribution in [2.24, 2.45) is 0 Å². The molecule has 14 heavy (non-hydrogen) atoms. The largest absolute Gasteiger partial charge is 0.349 e. The van der Waals surface area contributed by atoms with E-state index in [1.165, 1.54) is 0 Å². The van der Waals surface area contributed by atoms with Gasteiger partial charge in [-0.05, 0) is 25.5 Å². The van der Waals surface area contributed by atoms with Crippen LogP contribution >= 0.6 is 12.6 Å². The Labute approximate surface area is 89.3 Å². The van der Waals surface area contributed by atoms with Gasteiger partial charge >= 0.3 is 0 Å². The van der Waals surface area contributed by atoms with Gasteiger partial charge in [0.2, 0.25) is 5.91 Å². The Balaban J connectivity index is 2.54. The number of aromatic nitrogens is 1.